The Hall–Kier alpha value is -1.36. The molecule has 5 heteroatoms. The van der Waals surface area contributed by atoms with Gasteiger partial charge in [-0.1, -0.05) is 6.92 Å². The molecule has 2 heterocycles. The van der Waals surface area contributed by atoms with E-state index in [1.165, 1.54) is 18.2 Å². The zero-order valence-corrected chi connectivity index (χ0v) is 11.6. The summed E-state index contributed by atoms with van der Waals surface area (Å²) in [6, 6.07) is 2.79. The van der Waals surface area contributed by atoms with Crippen LogP contribution in [0.2, 0.25) is 0 Å². The quantitative estimate of drug-likeness (QED) is 0.899. The maximum Gasteiger partial charge on any atom is 0.226 e. The van der Waals surface area contributed by atoms with Crippen LogP contribution in [-0.2, 0) is 0 Å². The molecule has 0 spiro atoms. The van der Waals surface area contributed by atoms with E-state index < -0.39 is 0 Å². The van der Waals surface area contributed by atoms with E-state index in [0.717, 1.165) is 29.6 Å². The van der Waals surface area contributed by atoms with Gasteiger partial charge in [0.15, 0.2) is 0 Å². The van der Waals surface area contributed by atoms with Crippen molar-refractivity contribution in [2.45, 2.75) is 32.2 Å². The molecule has 1 aliphatic rings. The summed E-state index contributed by atoms with van der Waals surface area (Å²) in [6.45, 7) is 3.07. The molecule has 1 aliphatic carbocycles. The number of anilines is 2. The van der Waals surface area contributed by atoms with Crippen LogP contribution in [0.3, 0.4) is 0 Å². The molecule has 0 atom stereocenters. The van der Waals surface area contributed by atoms with Crippen LogP contribution < -0.4 is 10.2 Å². The first-order chi connectivity index (χ1) is 8.79. The van der Waals surface area contributed by atoms with Crippen molar-refractivity contribution in [3.63, 3.8) is 0 Å². The molecule has 18 heavy (non-hydrogen) atoms. The summed E-state index contributed by atoms with van der Waals surface area (Å²) in [5.74, 6) is 1.83. The van der Waals surface area contributed by atoms with Crippen LogP contribution in [0.15, 0.2) is 11.4 Å². The molecule has 0 aliphatic heterocycles. The van der Waals surface area contributed by atoms with Crippen LogP contribution in [0.25, 0.3) is 10.2 Å². The van der Waals surface area contributed by atoms with Gasteiger partial charge in [0.25, 0.3) is 0 Å². The van der Waals surface area contributed by atoms with Gasteiger partial charge in [0.05, 0.1) is 5.39 Å². The summed E-state index contributed by atoms with van der Waals surface area (Å²) >= 11 is 1.68. The molecule has 0 aromatic carbocycles. The Balaban J connectivity index is 2.00. The molecule has 1 fully saturated rings. The maximum absolute atomic E-state index is 4.68. The van der Waals surface area contributed by atoms with Crippen LogP contribution >= 0.6 is 11.3 Å². The minimum atomic E-state index is 0.669. The molecule has 1 N–H and O–H groups in total. The van der Waals surface area contributed by atoms with Gasteiger partial charge in [-0.2, -0.15) is 4.98 Å². The predicted molar refractivity (Wildman–Crippen MR) is 77.6 cm³/mol. The van der Waals surface area contributed by atoms with Gasteiger partial charge in [0.2, 0.25) is 5.95 Å². The molecular formula is C13H18N4S. The number of thiophene rings is 1. The number of aromatic nitrogens is 2. The third kappa shape index (κ3) is 2.14. The van der Waals surface area contributed by atoms with Crippen molar-refractivity contribution in [1.82, 2.24) is 9.97 Å². The lowest BCUT2D eigenvalue weighted by Gasteiger charge is -2.19. The van der Waals surface area contributed by atoms with Gasteiger partial charge in [-0.3, -0.25) is 0 Å². The molecule has 2 aromatic rings. The lowest BCUT2D eigenvalue weighted by atomic mass is 10.3. The van der Waals surface area contributed by atoms with Crippen molar-refractivity contribution in [1.29, 1.82) is 0 Å². The molecule has 4 nitrogen and oxygen atoms in total. The number of fused-ring (bicyclic) bond motifs is 1. The van der Waals surface area contributed by atoms with Gasteiger partial charge in [-0.05, 0) is 30.7 Å². The smallest absolute Gasteiger partial charge is 0.226 e. The number of hydrogen-bond donors (Lipinski definition) is 1. The second-order valence-electron chi connectivity index (χ2n) is 4.78. The zero-order valence-electron chi connectivity index (χ0n) is 10.8. The maximum atomic E-state index is 4.68. The molecule has 0 unspecified atom stereocenters. The molecule has 3 rings (SSSR count). The Bertz CT molecular complexity index is 547. The highest BCUT2D eigenvalue weighted by molar-refractivity contribution is 7.16. The molecule has 2 aromatic heterocycles. The lowest BCUT2D eigenvalue weighted by molar-refractivity contribution is 0.890. The first kappa shape index (κ1) is 11.7. The number of nitrogens with one attached hydrogen (secondary N) is 1. The van der Waals surface area contributed by atoms with E-state index >= 15 is 0 Å². The van der Waals surface area contributed by atoms with Gasteiger partial charge in [0.1, 0.15) is 10.6 Å². The summed E-state index contributed by atoms with van der Waals surface area (Å²) in [4.78, 5) is 12.6. The Labute approximate surface area is 111 Å². The van der Waals surface area contributed by atoms with E-state index in [9.17, 15) is 0 Å². The van der Waals surface area contributed by atoms with Gasteiger partial charge < -0.3 is 10.2 Å². The van der Waals surface area contributed by atoms with E-state index in [1.807, 2.05) is 0 Å². The summed E-state index contributed by atoms with van der Waals surface area (Å²) in [5.41, 5.74) is 0. The van der Waals surface area contributed by atoms with Crippen molar-refractivity contribution in [3.8, 4) is 0 Å². The Kier molecular flexibility index (Phi) is 3.07. The minimum Gasteiger partial charge on any atom is -0.356 e. The molecule has 0 saturated heterocycles. The van der Waals surface area contributed by atoms with Crippen molar-refractivity contribution in [2.75, 3.05) is 23.8 Å². The van der Waals surface area contributed by atoms with Gasteiger partial charge in [0, 0.05) is 19.6 Å². The normalized spacial score (nSPS) is 15.0. The Morgan fingerprint density at radius 2 is 2.28 bits per heavy atom. The highest BCUT2D eigenvalue weighted by Gasteiger charge is 2.28. The fourth-order valence-electron chi connectivity index (χ4n) is 2.06. The van der Waals surface area contributed by atoms with Crippen molar-refractivity contribution >= 4 is 33.3 Å². The van der Waals surface area contributed by atoms with E-state index in [2.05, 4.69) is 45.6 Å². The summed E-state index contributed by atoms with van der Waals surface area (Å²) in [7, 11) is 2.14. The number of hydrogen-bond acceptors (Lipinski definition) is 5. The first-order valence-corrected chi connectivity index (χ1v) is 7.39. The molecule has 96 valence electrons. The number of nitrogens with zero attached hydrogens (tertiary/aromatic N) is 3. The first-order valence-electron chi connectivity index (χ1n) is 6.51. The fraction of sp³-hybridized carbons (Fsp3) is 0.538. The molecule has 0 amide bonds. The van der Waals surface area contributed by atoms with E-state index in [-0.39, 0.29) is 0 Å². The average Bonchev–Trinajstić information content (AvgIpc) is 3.13. The average molecular weight is 262 g/mol. The predicted octanol–water partition coefficient (Wildman–Crippen LogP) is 3.11. The van der Waals surface area contributed by atoms with Crippen LogP contribution in [0, 0.1) is 0 Å². The van der Waals surface area contributed by atoms with Crippen LogP contribution in [0.1, 0.15) is 26.2 Å². The second kappa shape index (κ2) is 4.72. The van der Waals surface area contributed by atoms with Crippen molar-refractivity contribution in [2.24, 2.45) is 0 Å². The third-order valence-corrected chi connectivity index (χ3v) is 4.07. The second-order valence-corrected chi connectivity index (χ2v) is 5.67. The van der Waals surface area contributed by atoms with E-state index in [0.29, 0.717) is 6.04 Å². The topological polar surface area (TPSA) is 41.1 Å². The summed E-state index contributed by atoms with van der Waals surface area (Å²) < 4.78 is 0. The van der Waals surface area contributed by atoms with Crippen LogP contribution in [0.4, 0.5) is 11.8 Å². The largest absolute Gasteiger partial charge is 0.356 e. The van der Waals surface area contributed by atoms with Crippen molar-refractivity contribution < 1.29 is 0 Å². The fourth-order valence-corrected chi connectivity index (χ4v) is 2.82. The van der Waals surface area contributed by atoms with Crippen LogP contribution in [0.5, 0.6) is 0 Å². The van der Waals surface area contributed by atoms with Crippen molar-refractivity contribution in [3.05, 3.63) is 11.4 Å². The lowest BCUT2D eigenvalue weighted by Crippen LogP contribution is -2.21. The monoisotopic (exact) mass is 262 g/mol. The summed E-state index contributed by atoms with van der Waals surface area (Å²) in [6.07, 6.45) is 3.65. The van der Waals surface area contributed by atoms with Gasteiger partial charge in [-0.15, -0.1) is 11.3 Å². The highest BCUT2D eigenvalue weighted by atomic mass is 32.1. The van der Waals surface area contributed by atoms with E-state index in [4.69, 9.17) is 0 Å². The van der Waals surface area contributed by atoms with Gasteiger partial charge in [-0.25, -0.2) is 4.98 Å². The minimum absolute atomic E-state index is 0.669. The number of rotatable bonds is 5. The van der Waals surface area contributed by atoms with E-state index in [1.54, 1.807) is 11.3 Å². The third-order valence-electron chi connectivity index (χ3n) is 3.27. The molecule has 1 saturated carbocycles. The summed E-state index contributed by atoms with van der Waals surface area (Å²) in [5, 5.41) is 6.56. The standard InChI is InChI=1S/C13H18N4S/c1-3-7-14-13-15-11(17(2)9-4-5-9)10-6-8-18-12(10)16-13/h6,8-9H,3-5,7H2,1-2H3,(H,14,15,16). The van der Waals surface area contributed by atoms with Gasteiger partial charge >= 0.3 is 0 Å². The SMILES string of the molecule is CCCNc1nc(N(C)C2CC2)c2ccsc2n1. The Morgan fingerprint density at radius 3 is 3.00 bits per heavy atom. The molecule has 0 radical (unpaired) electrons. The zero-order chi connectivity index (χ0) is 12.5. The Morgan fingerprint density at radius 1 is 1.44 bits per heavy atom. The highest BCUT2D eigenvalue weighted by Crippen LogP contribution is 2.35. The van der Waals surface area contributed by atoms with Crippen LogP contribution in [-0.4, -0.2) is 29.6 Å². The molecular weight excluding hydrogens is 244 g/mol. The molecule has 0 bridgehead atoms.